The fourth-order valence-corrected chi connectivity index (χ4v) is 3.58. The lowest BCUT2D eigenvalue weighted by molar-refractivity contribution is -0.135. The Morgan fingerprint density at radius 1 is 1.23 bits per heavy atom. The zero-order chi connectivity index (χ0) is 22.4. The molecular formula is C21H24F2N4O4. The number of carbonyl (C=O) groups is 3. The fourth-order valence-electron chi connectivity index (χ4n) is 3.58. The average Bonchev–Trinajstić information content (AvgIpc) is 3.26. The first-order valence-electron chi connectivity index (χ1n) is 10.00. The van der Waals surface area contributed by atoms with E-state index < -0.39 is 23.5 Å². The quantitative estimate of drug-likeness (QED) is 0.749. The molecule has 1 aliphatic heterocycles. The fraction of sp³-hybridized carbons (Fsp3) is 0.429. The summed E-state index contributed by atoms with van der Waals surface area (Å²) in [6, 6.07) is 4.20. The molecule has 0 bridgehead atoms. The highest BCUT2D eigenvalue weighted by molar-refractivity contribution is 5.91. The molecule has 10 heteroatoms. The SMILES string of the molecule is CN1CC(NC(=O)c2ccno2)CCCC(C(=O)NCc2cc(F)cc(F)c2)CC1=O. The maximum absolute atomic E-state index is 13.3. The third-order valence-electron chi connectivity index (χ3n) is 5.20. The predicted molar refractivity (Wildman–Crippen MR) is 106 cm³/mol. The van der Waals surface area contributed by atoms with E-state index in [1.165, 1.54) is 17.2 Å². The number of halogens is 2. The standard InChI is InChI=1S/C21H24F2N4O4/c1-27-12-17(26-21(30)18-5-6-25-31-18)4-2-3-14(9-19(27)28)20(29)24-11-13-7-15(22)10-16(23)8-13/h5-8,10,14,17H,2-4,9,11-12H2,1H3,(H,24,29)(H,26,30). The number of likely N-dealkylation sites (N-methyl/N-ethyl adjacent to an activating group) is 1. The molecular weight excluding hydrogens is 410 g/mol. The van der Waals surface area contributed by atoms with Crippen LogP contribution in [0.2, 0.25) is 0 Å². The van der Waals surface area contributed by atoms with E-state index >= 15 is 0 Å². The van der Waals surface area contributed by atoms with Gasteiger partial charge in [-0.15, -0.1) is 0 Å². The molecule has 2 atom stereocenters. The summed E-state index contributed by atoms with van der Waals surface area (Å²) in [7, 11) is 1.62. The first kappa shape index (κ1) is 22.4. The van der Waals surface area contributed by atoms with Gasteiger partial charge in [0.1, 0.15) is 11.6 Å². The Morgan fingerprint density at radius 2 is 1.97 bits per heavy atom. The maximum Gasteiger partial charge on any atom is 0.290 e. The van der Waals surface area contributed by atoms with E-state index in [0.29, 0.717) is 31.4 Å². The Balaban J connectivity index is 1.58. The van der Waals surface area contributed by atoms with Gasteiger partial charge in [-0.2, -0.15) is 0 Å². The van der Waals surface area contributed by atoms with Crippen molar-refractivity contribution in [2.75, 3.05) is 13.6 Å². The minimum absolute atomic E-state index is 0.0165. The van der Waals surface area contributed by atoms with Gasteiger partial charge < -0.3 is 20.1 Å². The van der Waals surface area contributed by atoms with Crippen molar-refractivity contribution in [1.29, 1.82) is 0 Å². The predicted octanol–water partition coefficient (Wildman–Crippen LogP) is 2.02. The molecule has 3 rings (SSSR count). The number of nitrogens with zero attached hydrogens (tertiary/aromatic N) is 2. The van der Waals surface area contributed by atoms with Crippen LogP contribution in [0.5, 0.6) is 0 Å². The minimum Gasteiger partial charge on any atom is -0.352 e. The van der Waals surface area contributed by atoms with E-state index in [0.717, 1.165) is 18.2 Å². The second-order valence-electron chi connectivity index (χ2n) is 7.65. The van der Waals surface area contributed by atoms with Crippen molar-refractivity contribution in [3.63, 3.8) is 0 Å². The van der Waals surface area contributed by atoms with Gasteiger partial charge in [-0.1, -0.05) is 11.6 Å². The summed E-state index contributed by atoms with van der Waals surface area (Å²) < 4.78 is 31.5. The van der Waals surface area contributed by atoms with E-state index in [4.69, 9.17) is 4.52 Å². The van der Waals surface area contributed by atoms with Gasteiger partial charge in [-0.05, 0) is 30.5 Å². The van der Waals surface area contributed by atoms with E-state index in [1.807, 2.05) is 0 Å². The van der Waals surface area contributed by atoms with Gasteiger partial charge in [-0.25, -0.2) is 8.78 Å². The number of aromatic nitrogens is 1. The molecule has 0 aliphatic carbocycles. The van der Waals surface area contributed by atoms with Crippen LogP contribution in [0.3, 0.4) is 0 Å². The van der Waals surface area contributed by atoms with Crippen LogP contribution in [0.15, 0.2) is 35.0 Å². The smallest absolute Gasteiger partial charge is 0.290 e. The van der Waals surface area contributed by atoms with Crippen molar-refractivity contribution >= 4 is 17.7 Å². The molecule has 1 aromatic carbocycles. The van der Waals surface area contributed by atoms with Crippen molar-refractivity contribution in [1.82, 2.24) is 20.7 Å². The summed E-state index contributed by atoms with van der Waals surface area (Å²) >= 11 is 0. The molecule has 0 spiro atoms. The summed E-state index contributed by atoms with van der Waals surface area (Å²) in [5.41, 5.74) is 0.299. The summed E-state index contributed by atoms with van der Waals surface area (Å²) in [6.45, 7) is 0.263. The molecule has 0 radical (unpaired) electrons. The van der Waals surface area contributed by atoms with Gasteiger partial charge in [-0.3, -0.25) is 14.4 Å². The zero-order valence-corrected chi connectivity index (χ0v) is 17.1. The highest BCUT2D eigenvalue weighted by Crippen LogP contribution is 2.19. The Hall–Kier alpha value is -3.30. The minimum atomic E-state index is -0.720. The average molecular weight is 434 g/mol. The second kappa shape index (κ2) is 10.1. The van der Waals surface area contributed by atoms with E-state index in [2.05, 4.69) is 15.8 Å². The molecule has 8 nitrogen and oxygen atoms in total. The van der Waals surface area contributed by atoms with Gasteiger partial charge in [0.2, 0.25) is 17.6 Å². The molecule has 3 amide bonds. The highest BCUT2D eigenvalue weighted by Gasteiger charge is 2.28. The van der Waals surface area contributed by atoms with E-state index in [9.17, 15) is 23.2 Å². The van der Waals surface area contributed by atoms with Gasteiger partial charge in [0.15, 0.2) is 0 Å². The van der Waals surface area contributed by atoms with Crippen molar-refractivity contribution in [3.8, 4) is 0 Å². The molecule has 31 heavy (non-hydrogen) atoms. The van der Waals surface area contributed by atoms with Gasteiger partial charge in [0.25, 0.3) is 5.91 Å². The van der Waals surface area contributed by atoms with Crippen LogP contribution in [-0.2, 0) is 16.1 Å². The van der Waals surface area contributed by atoms with Gasteiger partial charge in [0.05, 0.1) is 6.20 Å². The number of carbonyl (C=O) groups excluding carboxylic acids is 3. The summed E-state index contributed by atoms with van der Waals surface area (Å²) in [4.78, 5) is 38.9. The van der Waals surface area contributed by atoms with Crippen LogP contribution >= 0.6 is 0 Å². The van der Waals surface area contributed by atoms with Crippen LogP contribution < -0.4 is 10.6 Å². The van der Waals surface area contributed by atoms with Gasteiger partial charge in [0, 0.05) is 50.7 Å². The first-order chi connectivity index (χ1) is 14.8. The van der Waals surface area contributed by atoms with E-state index in [1.54, 1.807) is 7.05 Å². The van der Waals surface area contributed by atoms with Crippen LogP contribution in [-0.4, -0.2) is 47.4 Å². The largest absolute Gasteiger partial charge is 0.352 e. The van der Waals surface area contributed by atoms with Crippen molar-refractivity contribution < 1.29 is 27.7 Å². The monoisotopic (exact) mass is 434 g/mol. The zero-order valence-electron chi connectivity index (χ0n) is 17.1. The number of hydrogen-bond donors (Lipinski definition) is 2. The van der Waals surface area contributed by atoms with Crippen LogP contribution in [0, 0.1) is 17.6 Å². The van der Waals surface area contributed by atoms with E-state index in [-0.39, 0.29) is 36.6 Å². The van der Waals surface area contributed by atoms with Crippen molar-refractivity contribution in [3.05, 3.63) is 53.4 Å². The number of benzene rings is 1. The van der Waals surface area contributed by atoms with Gasteiger partial charge >= 0.3 is 0 Å². The molecule has 2 heterocycles. The van der Waals surface area contributed by atoms with Crippen LogP contribution in [0.1, 0.15) is 41.8 Å². The molecule has 2 N–H and O–H groups in total. The Morgan fingerprint density at radius 3 is 2.65 bits per heavy atom. The molecule has 1 saturated heterocycles. The lowest BCUT2D eigenvalue weighted by Gasteiger charge is -2.24. The number of nitrogens with one attached hydrogen (secondary N) is 2. The van der Waals surface area contributed by atoms with Crippen LogP contribution in [0.25, 0.3) is 0 Å². The molecule has 1 aliphatic rings. The Bertz CT molecular complexity index is 915. The number of amides is 3. The summed E-state index contributed by atoms with van der Waals surface area (Å²) in [6.07, 6.45) is 3.00. The first-order valence-corrected chi connectivity index (χ1v) is 10.00. The molecule has 2 unspecified atom stereocenters. The topological polar surface area (TPSA) is 105 Å². The molecule has 166 valence electrons. The number of rotatable bonds is 5. The highest BCUT2D eigenvalue weighted by atomic mass is 19.1. The molecule has 0 saturated carbocycles. The Kier molecular flexibility index (Phi) is 7.32. The maximum atomic E-state index is 13.3. The van der Waals surface area contributed by atoms with Crippen LogP contribution in [0.4, 0.5) is 8.78 Å². The molecule has 2 aromatic rings. The lowest BCUT2D eigenvalue weighted by Crippen LogP contribution is -2.44. The van der Waals surface area contributed by atoms with Crippen molar-refractivity contribution in [2.45, 2.75) is 38.3 Å². The normalized spacial score (nSPS) is 19.8. The molecule has 1 aromatic heterocycles. The summed E-state index contributed by atoms with van der Waals surface area (Å²) in [5, 5.41) is 8.99. The third kappa shape index (κ3) is 6.34. The second-order valence-corrected chi connectivity index (χ2v) is 7.65. The third-order valence-corrected chi connectivity index (χ3v) is 5.20. The van der Waals surface area contributed by atoms with Crippen molar-refractivity contribution in [2.24, 2.45) is 5.92 Å². The lowest BCUT2D eigenvalue weighted by atomic mass is 9.96. The molecule has 1 fully saturated rings. The Labute approximate surface area is 178 Å². The summed E-state index contributed by atoms with van der Waals surface area (Å²) in [5.74, 6) is -2.92. The number of hydrogen-bond acceptors (Lipinski definition) is 5.